The third-order valence-corrected chi connectivity index (χ3v) is 6.07. The van der Waals surface area contributed by atoms with Gasteiger partial charge < -0.3 is 14.1 Å². The van der Waals surface area contributed by atoms with E-state index in [-0.39, 0.29) is 5.91 Å². The van der Waals surface area contributed by atoms with Crippen LogP contribution in [0.2, 0.25) is 0 Å². The van der Waals surface area contributed by atoms with Crippen molar-refractivity contribution in [2.75, 3.05) is 26.0 Å². The number of ether oxygens (including phenoxy) is 1. The van der Waals surface area contributed by atoms with Gasteiger partial charge in [0.2, 0.25) is 5.89 Å². The molecule has 2 heterocycles. The molecule has 6 nitrogen and oxygen atoms in total. The average Bonchev–Trinajstić information content (AvgIpc) is 3.42. The summed E-state index contributed by atoms with van der Waals surface area (Å²) in [6, 6.07) is 17.3. The fourth-order valence-corrected chi connectivity index (χ4v) is 4.39. The Morgan fingerprint density at radius 2 is 1.97 bits per heavy atom. The van der Waals surface area contributed by atoms with Gasteiger partial charge in [-0.05, 0) is 30.5 Å². The van der Waals surface area contributed by atoms with Crippen LogP contribution in [0.15, 0.2) is 64.2 Å². The summed E-state index contributed by atoms with van der Waals surface area (Å²) in [6.45, 7) is 1.56. The maximum absolute atomic E-state index is 12.6. The summed E-state index contributed by atoms with van der Waals surface area (Å²) in [4.78, 5) is 14.5. The molecule has 1 fully saturated rings. The SMILES string of the molecule is COc1ccccc1Cc1nnc(SC[C@H]2CCN(C(=O)c3ccccc3)C2)o1. The fourth-order valence-electron chi connectivity index (χ4n) is 3.49. The quantitative estimate of drug-likeness (QED) is 0.551. The van der Waals surface area contributed by atoms with E-state index in [1.54, 1.807) is 18.9 Å². The van der Waals surface area contributed by atoms with Gasteiger partial charge in [0, 0.05) is 30.0 Å². The minimum atomic E-state index is 0.106. The van der Waals surface area contributed by atoms with E-state index in [0.29, 0.717) is 23.5 Å². The Kier molecular flexibility index (Phi) is 6.14. The topological polar surface area (TPSA) is 68.5 Å². The van der Waals surface area contributed by atoms with Gasteiger partial charge in [0.25, 0.3) is 11.1 Å². The second kappa shape index (κ2) is 9.13. The van der Waals surface area contributed by atoms with Gasteiger partial charge in [-0.1, -0.05) is 48.2 Å². The number of methoxy groups -OCH3 is 1. The highest BCUT2D eigenvalue weighted by atomic mass is 32.2. The number of carbonyl (C=O) groups excluding carboxylic acids is 1. The molecule has 3 aromatic rings. The molecule has 7 heteroatoms. The van der Waals surface area contributed by atoms with Crippen molar-refractivity contribution in [1.29, 1.82) is 0 Å². The third-order valence-electron chi connectivity index (χ3n) is 5.02. The van der Waals surface area contributed by atoms with E-state index in [9.17, 15) is 4.79 Å². The molecule has 1 aliphatic heterocycles. The maximum Gasteiger partial charge on any atom is 0.276 e. The van der Waals surface area contributed by atoms with Crippen molar-refractivity contribution in [3.8, 4) is 5.75 Å². The summed E-state index contributed by atoms with van der Waals surface area (Å²) in [5, 5.41) is 8.88. The largest absolute Gasteiger partial charge is 0.496 e. The van der Waals surface area contributed by atoms with Crippen LogP contribution in [0.3, 0.4) is 0 Å². The van der Waals surface area contributed by atoms with Crippen LogP contribution in [-0.2, 0) is 6.42 Å². The summed E-state index contributed by atoms with van der Waals surface area (Å²) < 4.78 is 11.2. The number of hydrogen-bond acceptors (Lipinski definition) is 6. The van der Waals surface area contributed by atoms with E-state index in [4.69, 9.17) is 9.15 Å². The summed E-state index contributed by atoms with van der Waals surface area (Å²) >= 11 is 1.56. The lowest BCUT2D eigenvalue weighted by atomic mass is 10.1. The molecule has 1 aromatic heterocycles. The molecule has 0 spiro atoms. The predicted molar refractivity (Wildman–Crippen MR) is 111 cm³/mol. The van der Waals surface area contributed by atoms with Crippen LogP contribution in [0.5, 0.6) is 5.75 Å². The summed E-state index contributed by atoms with van der Waals surface area (Å²) in [5.41, 5.74) is 1.76. The molecule has 0 aliphatic carbocycles. The third kappa shape index (κ3) is 4.79. The van der Waals surface area contributed by atoms with Crippen molar-refractivity contribution < 1.29 is 13.9 Å². The molecule has 0 saturated carbocycles. The Balaban J connectivity index is 1.29. The molecular formula is C22H23N3O3S. The van der Waals surface area contributed by atoms with E-state index in [1.165, 1.54) is 0 Å². The molecule has 4 rings (SSSR count). The molecule has 1 aliphatic rings. The van der Waals surface area contributed by atoms with E-state index in [0.717, 1.165) is 42.1 Å². The number of para-hydroxylation sites is 1. The Morgan fingerprint density at radius 1 is 1.17 bits per heavy atom. The standard InChI is InChI=1S/C22H23N3O3S/c1-27-19-10-6-5-9-18(19)13-20-23-24-22(28-20)29-15-16-11-12-25(14-16)21(26)17-7-3-2-4-8-17/h2-10,16H,11-15H2,1H3/t16-/m0/s1. The second-order valence-corrected chi connectivity index (χ2v) is 8.00. The number of likely N-dealkylation sites (tertiary alicyclic amines) is 1. The van der Waals surface area contributed by atoms with Crippen molar-refractivity contribution in [2.24, 2.45) is 5.92 Å². The van der Waals surface area contributed by atoms with E-state index in [1.807, 2.05) is 59.5 Å². The zero-order chi connectivity index (χ0) is 20.1. The first kappa shape index (κ1) is 19.5. The molecule has 29 heavy (non-hydrogen) atoms. The second-order valence-electron chi connectivity index (χ2n) is 7.03. The van der Waals surface area contributed by atoms with E-state index >= 15 is 0 Å². The van der Waals surface area contributed by atoms with Gasteiger partial charge in [-0.2, -0.15) is 0 Å². The van der Waals surface area contributed by atoms with Crippen molar-refractivity contribution in [3.63, 3.8) is 0 Å². The lowest BCUT2D eigenvalue weighted by molar-refractivity contribution is 0.0788. The van der Waals surface area contributed by atoms with Gasteiger partial charge in [0.1, 0.15) is 5.75 Å². The van der Waals surface area contributed by atoms with Crippen molar-refractivity contribution >= 4 is 17.7 Å². The van der Waals surface area contributed by atoms with Gasteiger partial charge in [-0.3, -0.25) is 4.79 Å². The number of amides is 1. The Morgan fingerprint density at radius 3 is 2.79 bits per heavy atom. The molecule has 1 amide bonds. The maximum atomic E-state index is 12.6. The van der Waals surface area contributed by atoms with Crippen molar-refractivity contribution in [3.05, 3.63) is 71.6 Å². The molecule has 2 aromatic carbocycles. The number of thioether (sulfide) groups is 1. The van der Waals surface area contributed by atoms with Crippen LogP contribution in [0.25, 0.3) is 0 Å². The van der Waals surface area contributed by atoms with Gasteiger partial charge in [0.05, 0.1) is 13.5 Å². The first-order chi connectivity index (χ1) is 14.2. The molecular weight excluding hydrogens is 386 g/mol. The van der Waals surface area contributed by atoms with Crippen molar-refractivity contribution in [2.45, 2.75) is 18.1 Å². The summed E-state index contributed by atoms with van der Waals surface area (Å²) in [7, 11) is 1.65. The smallest absolute Gasteiger partial charge is 0.276 e. The number of benzene rings is 2. The van der Waals surface area contributed by atoms with Crippen LogP contribution in [0.1, 0.15) is 28.2 Å². The number of nitrogens with zero attached hydrogens (tertiary/aromatic N) is 3. The number of carbonyl (C=O) groups is 1. The number of hydrogen-bond donors (Lipinski definition) is 0. The van der Waals surface area contributed by atoms with Gasteiger partial charge >= 0.3 is 0 Å². The van der Waals surface area contributed by atoms with Crippen LogP contribution in [0.4, 0.5) is 0 Å². The van der Waals surface area contributed by atoms with E-state index in [2.05, 4.69) is 10.2 Å². The zero-order valence-corrected chi connectivity index (χ0v) is 17.1. The highest BCUT2D eigenvalue weighted by molar-refractivity contribution is 7.99. The molecule has 1 atom stereocenters. The summed E-state index contributed by atoms with van der Waals surface area (Å²) in [5.74, 6) is 2.78. The highest BCUT2D eigenvalue weighted by Gasteiger charge is 2.27. The molecule has 0 N–H and O–H groups in total. The number of rotatable bonds is 7. The highest BCUT2D eigenvalue weighted by Crippen LogP contribution is 2.27. The predicted octanol–water partition coefficient (Wildman–Crippen LogP) is 3.92. The average molecular weight is 410 g/mol. The minimum Gasteiger partial charge on any atom is -0.496 e. The lowest BCUT2D eigenvalue weighted by Gasteiger charge is -2.16. The molecule has 0 unspecified atom stereocenters. The van der Waals surface area contributed by atoms with Gasteiger partial charge in [-0.15, -0.1) is 10.2 Å². The lowest BCUT2D eigenvalue weighted by Crippen LogP contribution is -2.28. The number of aromatic nitrogens is 2. The Labute approximate surface area is 174 Å². The minimum absolute atomic E-state index is 0.106. The Hall–Kier alpha value is -2.80. The molecule has 1 saturated heterocycles. The molecule has 150 valence electrons. The first-order valence-electron chi connectivity index (χ1n) is 9.64. The summed E-state index contributed by atoms with van der Waals surface area (Å²) in [6.07, 6.45) is 1.54. The monoisotopic (exact) mass is 409 g/mol. The zero-order valence-electron chi connectivity index (χ0n) is 16.3. The fraction of sp³-hybridized carbons (Fsp3) is 0.318. The van der Waals surface area contributed by atoms with Crippen LogP contribution < -0.4 is 4.74 Å². The van der Waals surface area contributed by atoms with Crippen LogP contribution >= 0.6 is 11.8 Å². The molecule has 0 radical (unpaired) electrons. The van der Waals surface area contributed by atoms with Gasteiger partial charge in [0.15, 0.2) is 0 Å². The molecule has 0 bridgehead atoms. The van der Waals surface area contributed by atoms with Crippen molar-refractivity contribution in [1.82, 2.24) is 15.1 Å². The Bertz CT molecular complexity index is 961. The van der Waals surface area contributed by atoms with Crippen LogP contribution in [0, 0.1) is 5.92 Å². The van der Waals surface area contributed by atoms with Crippen LogP contribution in [-0.4, -0.2) is 47.0 Å². The normalized spacial score (nSPS) is 16.2. The van der Waals surface area contributed by atoms with E-state index < -0.39 is 0 Å². The van der Waals surface area contributed by atoms with Gasteiger partial charge in [-0.25, -0.2) is 0 Å². The first-order valence-corrected chi connectivity index (χ1v) is 10.6.